The second-order valence-electron chi connectivity index (χ2n) is 7.16. The number of carbonyl (C=O) groups excluding carboxylic acids is 3. The average Bonchev–Trinajstić information content (AvgIpc) is 2.55. The Morgan fingerprint density at radius 1 is 1.36 bits per heavy atom. The van der Waals surface area contributed by atoms with Crippen LogP contribution in [0.3, 0.4) is 0 Å². The Hall–Kier alpha value is -0.0800. The molecule has 2 rings (SSSR count). The molecular formula is C14H20NNaO5S. The Morgan fingerprint density at radius 2 is 1.86 bits per heavy atom. The summed E-state index contributed by atoms with van der Waals surface area (Å²) in [4.78, 5) is 36.9. The molecule has 1 unspecified atom stereocenters. The van der Waals surface area contributed by atoms with E-state index in [0.717, 1.165) is 0 Å². The minimum absolute atomic E-state index is 0. The van der Waals surface area contributed by atoms with Gasteiger partial charge < -0.3 is 19.9 Å². The Bertz CT molecular complexity index is 516. The molecule has 1 amide bonds. The molecule has 0 aromatic heterocycles. The van der Waals surface area contributed by atoms with Crippen molar-refractivity contribution in [2.45, 2.75) is 56.9 Å². The van der Waals surface area contributed by atoms with Gasteiger partial charge in [-0.1, -0.05) is 20.8 Å². The Labute approximate surface area is 156 Å². The molecule has 2 fully saturated rings. The maximum absolute atomic E-state index is 12.2. The molecular weight excluding hydrogens is 317 g/mol. The summed E-state index contributed by atoms with van der Waals surface area (Å²) in [5.74, 6) is -3.07. The third-order valence-electron chi connectivity index (χ3n) is 4.05. The number of carbonyl (C=O) groups is 3. The van der Waals surface area contributed by atoms with Crippen LogP contribution in [-0.2, 0) is 14.4 Å². The average molecular weight is 337 g/mol. The molecule has 22 heavy (non-hydrogen) atoms. The van der Waals surface area contributed by atoms with E-state index in [1.165, 1.54) is 16.7 Å². The summed E-state index contributed by atoms with van der Waals surface area (Å²) in [7, 11) is 0. The van der Waals surface area contributed by atoms with E-state index in [1.54, 1.807) is 34.6 Å². The summed E-state index contributed by atoms with van der Waals surface area (Å²) in [5.41, 5.74) is -0.757. The number of rotatable bonds is 3. The quantitative estimate of drug-likeness (QED) is 0.422. The van der Waals surface area contributed by atoms with Crippen LogP contribution >= 0.6 is 11.8 Å². The summed E-state index contributed by atoms with van der Waals surface area (Å²) >= 11 is 1.29. The molecule has 2 saturated heterocycles. The molecule has 6 nitrogen and oxygen atoms in total. The van der Waals surface area contributed by atoms with Gasteiger partial charge in [0.25, 0.3) is 0 Å². The first-order valence-corrected chi connectivity index (χ1v) is 7.71. The van der Waals surface area contributed by atoms with E-state index >= 15 is 0 Å². The fourth-order valence-corrected chi connectivity index (χ4v) is 4.63. The number of nitrogens with zero attached hydrogens (tertiary/aromatic N) is 1. The zero-order chi connectivity index (χ0) is 16.3. The van der Waals surface area contributed by atoms with E-state index in [-0.39, 0.29) is 29.6 Å². The first-order chi connectivity index (χ1) is 9.39. The summed E-state index contributed by atoms with van der Waals surface area (Å²) in [6.07, 6.45) is -1.40. The van der Waals surface area contributed by atoms with Crippen LogP contribution in [0, 0.1) is 11.3 Å². The normalized spacial score (nSPS) is 30.9. The van der Waals surface area contributed by atoms with Crippen LogP contribution in [0.15, 0.2) is 0 Å². The Morgan fingerprint density at radius 3 is 2.27 bits per heavy atom. The first kappa shape index (κ1) is 20.0. The number of aliphatic hydroxyl groups is 1. The Kier molecular flexibility index (Phi) is 5.53. The largest absolute Gasteiger partial charge is 1.00 e. The van der Waals surface area contributed by atoms with E-state index in [1.807, 2.05) is 0 Å². The van der Waals surface area contributed by atoms with Crippen molar-refractivity contribution in [2.75, 3.05) is 0 Å². The number of carboxylic acids is 1. The third kappa shape index (κ3) is 2.98. The zero-order valence-corrected chi connectivity index (χ0v) is 16.6. The predicted octanol–water partition coefficient (Wildman–Crippen LogP) is -3.61. The second-order valence-corrected chi connectivity index (χ2v) is 8.93. The van der Waals surface area contributed by atoms with Gasteiger partial charge in [-0.15, -0.1) is 11.8 Å². The molecule has 2 aliphatic heterocycles. The van der Waals surface area contributed by atoms with Gasteiger partial charge in [-0.25, -0.2) is 0 Å². The first-order valence-electron chi connectivity index (χ1n) is 6.83. The molecule has 0 aliphatic carbocycles. The molecule has 1 N–H and O–H groups in total. The number of hydrogen-bond acceptors (Lipinski definition) is 6. The monoisotopic (exact) mass is 337 g/mol. The van der Waals surface area contributed by atoms with E-state index in [0.29, 0.717) is 0 Å². The molecule has 118 valence electrons. The van der Waals surface area contributed by atoms with E-state index in [4.69, 9.17) is 0 Å². The van der Waals surface area contributed by atoms with Crippen LogP contribution in [0.25, 0.3) is 0 Å². The number of aliphatic hydroxyl groups excluding tert-OH is 1. The van der Waals surface area contributed by atoms with Gasteiger partial charge in [-0.2, -0.15) is 0 Å². The van der Waals surface area contributed by atoms with Gasteiger partial charge in [-0.05, 0) is 13.8 Å². The van der Waals surface area contributed by atoms with Crippen molar-refractivity contribution in [3.8, 4) is 0 Å². The molecule has 0 radical (unpaired) electrons. The minimum atomic E-state index is -1.40. The van der Waals surface area contributed by atoms with E-state index in [9.17, 15) is 24.6 Å². The number of aliphatic carboxylic acids is 1. The topological polar surface area (TPSA) is 97.7 Å². The van der Waals surface area contributed by atoms with Crippen LogP contribution in [-0.4, -0.2) is 49.9 Å². The number of hydrogen-bond donors (Lipinski definition) is 1. The van der Waals surface area contributed by atoms with Crippen molar-refractivity contribution in [2.24, 2.45) is 11.3 Å². The van der Waals surface area contributed by atoms with Crippen molar-refractivity contribution in [3.63, 3.8) is 0 Å². The number of carboxylic acid groups (broad SMARTS) is 1. The van der Waals surface area contributed by atoms with Crippen LogP contribution in [0.1, 0.15) is 34.6 Å². The van der Waals surface area contributed by atoms with Gasteiger partial charge in [0.2, 0.25) is 5.91 Å². The maximum Gasteiger partial charge on any atom is 1.00 e. The van der Waals surface area contributed by atoms with Gasteiger partial charge in [-0.3, -0.25) is 9.59 Å². The van der Waals surface area contributed by atoms with Crippen molar-refractivity contribution < 1.29 is 54.2 Å². The molecule has 0 saturated carbocycles. The smallest absolute Gasteiger partial charge is 0.548 e. The number of thioether (sulfide) groups is 1. The third-order valence-corrected chi connectivity index (χ3v) is 5.65. The molecule has 0 aromatic rings. The fourth-order valence-electron chi connectivity index (χ4n) is 2.92. The van der Waals surface area contributed by atoms with Crippen LogP contribution in [0.5, 0.6) is 0 Å². The number of fused-ring (bicyclic) bond motifs is 1. The maximum atomic E-state index is 12.2. The fraction of sp³-hybridized carbons (Fsp3) is 0.786. The van der Waals surface area contributed by atoms with E-state index in [2.05, 4.69) is 0 Å². The Balaban J connectivity index is 0.00000242. The zero-order valence-electron chi connectivity index (χ0n) is 13.7. The van der Waals surface area contributed by atoms with Gasteiger partial charge in [0.05, 0.1) is 17.4 Å². The van der Waals surface area contributed by atoms with E-state index < -0.39 is 51.3 Å². The molecule has 8 heteroatoms. The molecule has 2 aliphatic rings. The summed E-state index contributed by atoms with van der Waals surface area (Å²) in [6.45, 7) is 8.47. The second kappa shape index (κ2) is 6.09. The van der Waals surface area contributed by atoms with Crippen molar-refractivity contribution in [3.05, 3.63) is 0 Å². The number of amides is 1. The SMILES string of the molecule is CC(C)(C)C(=O)C(O)[C@@H]1C(=O)N2[C@@H]1SC(C)(C)[C@@H]2C(=O)[O-].[Na+]. The molecule has 0 spiro atoms. The molecule has 2 heterocycles. The van der Waals surface area contributed by atoms with Gasteiger partial charge in [0.1, 0.15) is 12.0 Å². The van der Waals surface area contributed by atoms with Gasteiger partial charge in [0, 0.05) is 10.2 Å². The molecule has 0 aromatic carbocycles. The number of ketones is 1. The summed E-state index contributed by atoms with van der Waals surface area (Å²) in [5, 5.41) is 21.0. The molecule has 4 atom stereocenters. The van der Waals surface area contributed by atoms with Crippen LogP contribution in [0.2, 0.25) is 0 Å². The number of Topliss-reactive ketones (excluding diaryl/α,β-unsaturated/α-hetero) is 1. The summed E-state index contributed by atoms with van der Waals surface area (Å²) < 4.78 is -0.710. The van der Waals surface area contributed by atoms with Crippen LogP contribution < -0.4 is 34.7 Å². The minimum Gasteiger partial charge on any atom is -0.548 e. The van der Waals surface area contributed by atoms with Crippen molar-refractivity contribution in [1.29, 1.82) is 0 Å². The van der Waals surface area contributed by atoms with Crippen molar-refractivity contribution >= 4 is 29.4 Å². The van der Waals surface area contributed by atoms with Gasteiger partial charge in [0.15, 0.2) is 5.78 Å². The predicted molar refractivity (Wildman–Crippen MR) is 75.1 cm³/mol. The van der Waals surface area contributed by atoms with Crippen molar-refractivity contribution in [1.82, 2.24) is 4.90 Å². The van der Waals surface area contributed by atoms with Gasteiger partial charge >= 0.3 is 29.6 Å². The molecule has 0 bridgehead atoms. The standard InChI is InChI=1S/C14H21NO5S.Na/c1-13(2,3)9(17)7(16)6-10(18)15-8(12(19)20)14(4,5)21-11(6)15;/h6-8,11,16H,1-5H3,(H,19,20);/q;+1/p-1/t6-,7?,8+,11-;/m1./s1. The summed E-state index contributed by atoms with van der Waals surface area (Å²) in [6, 6.07) is -1.03. The number of β-lactam (4-membered cyclic amide) rings is 1. The van der Waals surface area contributed by atoms with Crippen LogP contribution in [0.4, 0.5) is 0 Å².